The molecule has 1 rings (SSSR count). The average Bonchev–Trinajstić information content (AvgIpc) is 2.36. The van der Waals surface area contributed by atoms with Crippen LogP contribution in [0.15, 0.2) is 22.7 Å². The van der Waals surface area contributed by atoms with Gasteiger partial charge >= 0.3 is 6.18 Å². The molecule has 0 radical (unpaired) electrons. The number of benzene rings is 1. The van der Waals surface area contributed by atoms with E-state index in [1.54, 1.807) is 0 Å². The Hall–Kier alpha value is -1.75. The standard InChI is InChI=1S/C12H11BrF3N3O/c13-10-3-2-8(6-9(10)12(14,15)16)19-7-11(20)18-5-1-4-17/h2-3,6,19H,1,5,7H2,(H,18,20). The zero-order valence-corrected chi connectivity index (χ0v) is 11.8. The molecule has 4 nitrogen and oxygen atoms in total. The van der Waals surface area contributed by atoms with Gasteiger partial charge in [0, 0.05) is 16.7 Å². The number of alkyl halides is 3. The van der Waals surface area contributed by atoms with Crippen molar-refractivity contribution in [1.29, 1.82) is 5.26 Å². The number of nitrogens with one attached hydrogen (secondary N) is 2. The van der Waals surface area contributed by atoms with Gasteiger partial charge in [0.2, 0.25) is 5.91 Å². The molecule has 0 saturated carbocycles. The van der Waals surface area contributed by atoms with Crippen LogP contribution < -0.4 is 10.6 Å². The normalized spacial score (nSPS) is 10.8. The largest absolute Gasteiger partial charge is 0.417 e. The zero-order valence-electron chi connectivity index (χ0n) is 10.2. The Balaban J connectivity index is 2.61. The van der Waals surface area contributed by atoms with Gasteiger partial charge in [0.15, 0.2) is 0 Å². The average molecular weight is 350 g/mol. The fraction of sp³-hybridized carbons (Fsp3) is 0.333. The van der Waals surface area contributed by atoms with E-state index < -0.39 is 17.6 Å². The summed E-state index contributed by atoms with van der Waals surface area (Å²) in [5.74, 6) is -0.392. The van der Waals surface area contributed by atoms with Crippen molar-refractivity contribution in [3.8, 4) is 6.07 Å². The maximum atomic E-state index is 12.7. The SMILES string of the molecule is N#CCCNC(=O)CNc1ccc(Br)c(C(F)(F)F)c1. The van der Waals surface area contributed by atoms with Crippen molar-refractivity contribution in [3.63, 3.8) is 0 Å². The summed E-state index contributed by atoms with van der Waals surface area (Å²) < 4.78 is 37.9. The van der Waals surface area contributed by atoms with Crippen LogP contribution in [-0.2, 0) is 11.0 Å². The van der Waals surface area contributed by atoms with Crippen LogP contribution in [0.3, 0.4) is 0 Å². The van der Waals surface area contributed by atoms with Crippen molar-refractivity contribution in [3.05, 3.63) is 28.2 Å². The molecule has 1 aromatic rings. The van der Waals surface area contributed by atoms with Crippen LogP contribution in [0.1, 0.15) is 12.0 Å². The lowest BCUT2D eigenvalue weighted by Crippen LogP contribution is -2.30. The maximum absolute atomic E-state index is 12.7. The van der Waals surface area contributed by atoms with Gasteiger partial charge in [-0.1, -0.05) is 15.9 Å². The first-order valence-electron chi connectivity index (χ1n) is 5.59. The molecule has 0 aliphatic carbocycles. The van der Waals surface area contributed by atoms with E-state index in [-0.39, 0.29) is 29.7 Å². The molecule has 2 N–H and O–H groups in total. The highest BCUT2D eigenvalue weighted by atomic mass is 79.9. The third-order valence-electron chi connectivity index (χ3n) is 2.28. The summed E-state index contributed by atoms with van der Waals surface area (Å²) in [6.45, 7) is 0.0511. The number of carbonyl (C=O) groups is 1. The fourth-order valence-corrected chi connectivity index (χ4v) is 1.83. The molecule has 8 heteroatoms. The van der Waals surface area contributed by atoms with Crippen molar-refractivity contribution in [2.45, 2.75) is 12.6 Å². The highest BCUT2D eigenvalue weighted by molar-refractivity contribution is 9.10. The lowest BCUT2D eigenvalue weighted by molar-refractivity contribution is -0.138. The van der Waals surface area contributed by atoms with E-state index >= 15 is 0 Å². The lowest BCUT2D eigenvalue weighted by atomic mass is 10.2. The molecule has 1 aromatic carbocycles. The minimum atomic E-state index is -4.47. The number of rotatable bonds is 5. The first-order chi connectivity index (χ1) is 9.34. The van der Waals surface area contributed by atoms with Crippen molar-refractivity contribution >= 4 is 27.5 Å². The van der Waals surface area contributed by atoms with E-state index in [0.29, 0.717) is 0 Å². The van der Waals surface area contributed by atoms with E-state index in [9.17, 15) is 18.0 Å². The van der Waals surface area contributed by atoms with Gasteiger partial charge < -0.3 is 10.6 Å². The van der Waals surface area contributed by atoms with Crippen molar-refractivity contribution < 1.29 is 18.0 Å². The molecular weight excluding hydrogens is 339 g/mol. The van der Waals surface area contributed by atoms with Gasteiger partial charge in [-0.05, 0) is 18.2 Å². The molecule has 108 valence electrons. The van der Waals surface area contributed by atoms with E-state index in [0.717, 1.165) is 6.07 Å². The minimum absolute atomic E-state index is 0.0611. The van der Waals surface area contributed by atoms with Gasteiger partial charge in [0.05, 0.1) is 24.6 Å². The van der Waals surface area contributed by atoms with Crippen LogP contribution in [0.25, 0.3) is 0 Å². The Bertz CT molecular complexity index is 526. The molecule has 0 fully saturated rings. The first kappa shape index (κ1) is 16.3. The predicted octanol–water partition coefficient (Wildman–Crippen LogP) is 2.91. The monoisotopic (exact) mass is 349 g/mol. The highest BCUT2D eigenvalue weighted by Crippen LogP contribution is 2.36. The van der Waals surface area contributed by atoms with Crippen molar-refractivity contribution in [2.24, 2.45) is 0 Å². The maximum Gasteiger partial charge on any atom is 0.417 e. The summed E-state index contributed by atoms with van der Waals surface area (Å²) in [6, 6.07) is 5.48. The predicted molar refractivity (Wildman–Crippen MR) is 70.9 cm³/mol. The molecule has 0 heterocycles. The summed E-state index contributed by atoms with van der Waals surface area (Å²) in [5.41, 5.74) is -0.622. The number of halogens is 4. The Morgan fingerprint density at radius 2 is 2.10 bits per heavy atom. The lowest BCUT2D eigenvalue weighted by Gasteiger charge is -2.12. The molecule has 0 atom stereocenters. The number of nitriles is 1. The zero-order chi connectivity index (χ0) is 15.2. The Morgan fingerprint density at radius 1 is 1.40 bits per heavy atom. The smallest absolute Gasteiger partial charge is 0.376 e. The molecule has 0 aliphatic rings. The molecule has 0 aliphatic heterocycles. The van der Waals surface area contributed by atoms with Gasteiger partial charge in [-0.25, -0.2) is 0 Å². The second-order valence-corrected chi connectivity index (χ2v) is 4.66. The number of carbonyl (C=O) groups excluding carboxylic acids is 1. The minimum Gasteiger partial charge on any atom is -0.376 e. The van der Waals surface area contributed by atoms with E-state index in [1.807, 2.05) is 6.07 Å². The van der Waals surface area contributed by atoms with Gasteiger partial charge in [-0.3, -0.25) is 4.79 Å². The molecule has 0 unspecified atom stereocenters. The van der Waals surface area contributed by atoms with Crippen LogP contribution in [0.4, 0.5) is 18.9 Å². The van der Waals surface area contributed by atoms with Crippen LogP contribution >= 0.6 is 15.9 Å². The number of hydrogen-bond acceptors (Lipinski definition) is 3. The molecule has 0 spiro atoms. The molecule has 20 heavy (non-hydrogen) atoms. The summed E-state index contributed by atoms with van der Waals surface area (Å²) in [5, 5.41) is 13.3. The fourth-order valence-electron chi connectivity index (χ4n) is 1.36. The third kappa shape index (κ3) is 5.09. The van der Waals surface area contributed by atoms with Gasteiger partial charge in [0.25, 0.3) is 0 Å². The summed E-state index contributed by atoms with van der Waals surface area (Å²) >= 11 is 2.83. The summed E-state index contributed by atoms with van der Waals surface area (Å²) in [7, 11) is 0. The molecule has 0 aromatic heterocycles. The number of hydrogen-bond donors (Lipinski definition) is 2. The van der Waals surface area contributed by atoms with Gasteiger partial charge in [0.1, 0.15) is 0 Å². The van der Waals surface area contributed by atoms with Crippen LogP contribution in [-0.4, -0.2) is 19.0 Å². The Kier molecular flexibility index (Phi) is 5.82. The van der Waals surface area contributed by atoms with Crippen LogP contribution in [0, 0.1) is 11.3 Å². The molecular formula is C12H11BrF3N3O. The Labute approximate surface area is 122 Å². The second kappa shape index (κ2) is 7.14. The van der Waals surface area contributed by atoms with Crippen molar-refractivity contribution in [2.75, 3.05) is 18.4 Å². The van der Waals surface area contributed by atoms with Crippen molar-refractivity contribution in [1.82, 2.24) is 5.32 Å². The van der Waals surface area contributed by atoms with Crippen LogP contribution in [0.2, 0.25) is 0 Å². The third-order valence-corrected chi connectivity index (χ3v) is 2.98. The number of amides is 1. The number of nitrogens with zero attached hydrogens (tertiary/aromatic N) is 1. The number of anilines is 1. The molecule has 0 bridgehead atoms. The molecule has 0 saturated heterocycles. The van der Waals surface area contributed by atoms with Gasteiger partial charge in [-0.2, -0.15) is 18.4 Å². The van der Waals surface area contributed by atoms with E-state index in [1.165, 1.54) is 12.1 Å². The second-order valence-electron chi connectivity index (χ2n) is 3.80. The summed E-state index contributed by atoms with van der Waals surface area (Å²) in [6.07, 6.45) is -4.28. The Morgan fingerprint density at radius 3 is 2.70 bits per heavy atom. The highest BCUT2D eigenvalue weighted by Gasteiger charge is 2.33. The van der Waals surface area contributed by atoms with E-state index in [2.05, 4.69) is 26.6 Å². The van der Waals surface area contributed by atoms with Crippen LogP contribution in [0.5, 0.6) is 0 Å². The quantitative estimate of drug-likeness (QED) is 0.803. The first-order valence-corrected chi connectivity index (χ1v) is 6.38. The molecule has 1 amide bonds. The summed E-state index contributed by atoms with van der Waals surface area (Å²) in [4.78, 5) is 11.3. The van der Waals surface area contributed by atoms with Gasteiger partial charge in [-0.15, -0.1) is 0 Å². The topological polar surface area (TPSA) is 64.9 Å². The van der Waals surface area contributed by atoms with E-state index in [4.69, 9.17) is 5.26 Å².